The first kappa shape index (κ1) is 28.5. The summed E-state index contributed by atoms with van der Waals surface area (Å²) in [6, 6.07) is 0. The Morgan fingerprint density at radius 1 is 0.912 bits per heavy atom. The first-order valence-corrected chi connectivity index (χ1v) is 14.7. The Labute approximate surface area is 211 Å². The maximum Gasteiger partial charge on any atom is 0.0700 e. The lowest BCUT2D eigenvalue weighted by atomic mass is 9.47. The van der Waals surface area contributed by atoms with Crippen molar-refractivity contribution in [3.8, 4) is 0 Å². The molecule has 3 saturated carbocycles. The van der Waals surface area contributed by atoms with Gasteiger partial charge in [0.2, 0.25) is 0 Å². The first-order chi connectivity index (χ1) is 15.6. The highest BCUT2D eigenvalue weighted by molar-refractivity contribution is 5.10. The molecule has 2 N–H and O–H groups in total. The predicted molar refractivity (Wildman–Crippen MR) is 143 cm³/mol. The molecule has 3 heteroatoms. The van der Waals surface area contributed by atoms with Gasteiger partial charge in [0, 0.05) is 13.0 Å². The molecule has 3 aliphatic carbocycles. The Morgan fingerprint density at radius 2 is 1.59 bits per heavy atom. The summed E-state index contributed by atoms with van der Waals surface area (Å²) in [4.78, 5) is 0. The number of rotatable bonds is 8. The van der Waals surface area contributed by atoms with Crippen molar-refractivity contribution in [1.82, 2.24) is 0 Å². The first-order valence-electron chi connectivity index (χ1n) is 14.7. The van der Waals surface area contributed by atoms with E-state index in [2.05, 4.69) is 62.3 Å². The fourth-order valence-electron chi connectivity index (χ4n) is 9.05. The van der Waals surface area contributed by atoms with E-state index in [0.29, 0.717) is 29.6 Å². The van der Waals surface area contributed by atoms with Crippen molar-refractivity contribution in [2.75, 3.05) is 6.61 Å². The normalized spacial score (nSPS) is 44.3. The van der Waals surface area contributed by atoms with E-state index in [9.17, 15) is 10.2 Å². The van der Waals surface area contributed by atoms with Gasteiger partial charge in [0.1, 0.15) is 0 Å². The van der Waals surface area contributed by atoms with Gasteiger partial charge in [0.25, 0.3) is 0 Å². The van der Waals surface area contributed by atoms with Gasteiger partial charge in [-0.25, -0.2) is 0 Å². The lowest BCUT2D eigenvalue weighted by Crippen LogP contribution is -2.59. The van der Waals surface area contributed by atoms with Crippen LogP contribution in [-0.2, 0) is 4.74 Å². The smallest absolute Gasteiger partial charge is 0.0700 e. The minimum absolute atomic E-state index is 0.118. The van der Waals surface area contributed by atoms with Crippen LogP contribution in [0, 0.1) is 46.3 Å². The number of ether oxygens (including phenoxy) is 1. The van der Waals surface area contributed by atoms with Gasteiger partial charge in [-0.05, 0) is 113 Å². The van der Waals surface area contributed by atoms with E-state index in [1.807, 2.05) is 0 Å². The van der Waals surface area contributed by atoms with Crippen LogP contribution in [0.3, 0.4) is 0 Å². The van der Waals surface area contributed by atoms with E-state index >= 15 is 0 Å². The molecule has 0 aromatic carbocycles. The number of hydrogen-bond donors (Lipinski definition) is 2. The van der Waals surface area contributed by atoms with Crippen LogP contribution < -0.4 is 0 Å². The maximum atomic E-state index is 11.9. The zero-order valence-electron chi connectivity index (χ0n) is 24.1. The van der Waals surface area contributed by atoms with Crippen LogP contribution in [-0.4, -0.2) is 34.1 Å². The van der Waals surface area contributed by atoms with Gasteiger partial charge >= 0.3 is 0 Å². The molecule has 0 aliphatic heterocycles. The van der Waals surface area contributed by atoms with Gasteiger partial charge in [-0.15, -0.1) is 0 Å². The molecule has 3 rings (SSSR count). The second-order valence-electron chi connectivity index (χ2n) is 14.9. The summed E-state index contributed by atoms with van der Waals surface area (Å²) in [5.41, 5.74) is -0.773. The topological polar surface area (TPSA) is 49.7 Å². The molecule has 0 radical (unpaired) electrons. The van der Waals surface area contributed by atoms with E-state index in [1.165, 1.54) is 38.5 Å². The van der Waals surface area contributed by atoms with Crippen molar-refractivity contribution >= 4 is 0 Å². The van der Waals surface area contributed by atoms with Crippen molar-refractivity contribution in [3.05, 3.63) is 0 Å². The summed E-state index contributed by atoms with van der Waals surface area (Å²) in [5.74, 6) is 3.63. The molecule has 34 heavy (non-hydrogen) atoms. The highest BCUT2D eigenvalue weighted by Gasteiger charge is 2.61. The Hall–Kier alpha value is -0.120. The highest BCUT2D eigenvalue weighted by Crippen LogP contribution is 2.65. The Balaban J connectivity index is 1.75. The van der Waals surface area contributed by atoms with Crippen LogP contribution in [0.25, 0.3) is 0 Å². The quantitative estimate of drug-likeness (QED) is 0.377. The molecular weight excluding hydrogens is 420 g/mol. The van der Waals surface area contributed by atoms with Crippen LogP contribution in [0.4, 0.5) is 0 Å². The van der Waals surface area contributed by atoms with Crippen LogP contribution in [0.5, 0.6) is 0 Å². The summed E-state index contributed by atoms with van der Waals surface area (Å²) in [5, 5.41) is 22.6. The average molecular weight is 479 g/mol. The molecule has 0 unspecified atom stereocenters. The van der Waals surface area contributed by atoms with E-state index in [4.69, 9.17) is 4.74 Å². The van der Waals surface area contributed by atoms with Gasteiger partial charge in [-0.3, -0.25) is 0 Å². The molecule has 0 heterocycles. The van der Waals surface area contributed by atoms with E-state index in [1.54, 1.807) is 0 Å². The van der Waals surface area contributed by atoms with E-state index in [-0.39, 0.29) is 23.7 Å². The Bertz CT molecular complexity index is 664. The van der Waals surface area contributed by atoms with Gasteiger partial charge in [0.05, 0.1) is 17.3 Å². The monoisotopic (exact) mass is 478 g/mol. The summed E-state index contributed by atoms with van der Waals surface area (Å²) in [7, 11) is 0. The molecular formula is C31H58O3. The Morgan fingerprint density at radius 3 is 2.15 bits per heavy atom. The van der Waals surface area contributed by atoms with Crippen LogP contribution in [0.15, 0.2) is 0 Å². The van der Waals surface area contributed by atoms with Crippen molar-refractivity contribution in [1.29, 1.82) is 0 Å². The third-order valence-corrected chi connectivity index (χ3v) is 11.0. The van der Waals surface area contributed by atoms with E-state index in [0.717, 1.165) is 37.0 Å². The molecule has 0 amide bonds. The fraction of sp³-hybridized carbons (Fsp3) is 1.00. The van der Waals surface area contributed by atoms with Gasteiger partial charge in [0.15, 0.2) is 0 Å². The molecule has 0 aromatic rings. The van der Waals surface area contributed by atoms with E-state index < -0.39 is 5.60 Å². The molecule has 3 fully saturated rings. The largest absolute Gasteiger partial charge is 0.396 e. The number of fused-ring (bicyclic) bond motifs is 1. The number of hydrogen-bond acceptors (Lipinski definition) is 3. The molecule has 3 nitrogen and oxygen atoms in total. The van der Waals surface area contributed by atoms with Crippen LogP contribution >= 0.6 is 0 Å². The second kappa shape index (κ2) is 10.3. The molecule has 0 saturated heterocycles. The third kappa shape index (κ3) is 5.57. The molecule has 0 spiro atoms. The summed E-state index contributed by atoms with van der Waals surface area (Å²) in [6.45, 7) is 20.7. The second-order valence-corrected chi connectivity index (χ2v) is 14.9. The molecule has 0 aromatic heterocycles. The van der Waals surface area contributed by atoms with Crippen molar-refractivity contribution in [2.45, 2.75) is 144 Å². The average Bonchev–Trinajstić information content (AvgIpc) is 3.05. The van der Waals surface area contributed by atoms with Crippen molar-refractivity contribution in [2.24, 2.45) is 46.3 Å². The molecule has 200 valence electrons. The third-order valence-electron chi connectivity index (χ3n) is 11.0. The highest BCUT2D eigenvalue weighted by atomic mass is 16.5. The fourth-order valence-corrected chi connectivity index (χ4v) is 9.05. The minimum Gasteiger partial charge on any atom is -0.396 e. The lowest BCUT2D eigenvalue weighted by molar-refractivity contribution is -0.203. The zero-order chi connectivity index (χ0) is 25.5. The molecule has 3 aliphatic rings. The molecule has 0 bridgehead atoms. The number of aliphatic hydroxyl groups is 2. The van der Waals surface area contributed by atoms with Gasteiger partial charge in [-0.2, -0.15) is 0 Å². The zero-order valence-corrected chi connectivity index (χ0v) is 24.1. The predicted octanol–water partition coefficient (Wildman–Crippen LogP) is 7.62. The van der Waals surface area contributed by atoms with Crippen molar-refractivity contribution < 1.29 is 14.9 Å². The standard InChI is InChI=1S/C31H58O3/c1-21(2)11-10-12-22(3)25-13-14-26-24(20-32)27(16-17-29(25,26)7)30(8)18-15-23(19-31(30,9)33)34-28(4,5)6/h21-27,32-33H,10-20H2,1-9H3/t22-,23-,24-,25-,26+,27+,29+,30-,31-/m0/s1. The maximum absolute atomic E-state index is 11.9. The summed E-state index contributed by atoms with van der Waals surface area (Å²) in [6.07, 6.45) is 11.8. The van der Waals surface area contributed by atoms with Crippen LogP contribution in [0.2, 0.25) is 0 Å². The van der Waals surface area contributed by atoms with Crippen molar-refractivity contribution in [3.63, 3.8) is 0 Å². The number of aliphatic hydroxyl groups excluding tert-OH is 1. The summed E-state index contributed by atoms with van der Waals surface area (Å²) >= 11 is 0. The van der Waals surface area contributed by atoms with Crippen LogP contribution in [0.1, 0.15) is 127 Å². The summed E-state index contributed by atoms with van der Waals surface area (Å²) < 4.78 is 6.31. The Kier molecular flexibility index (Phi) is 8.64. The van der Waals surface area contributed by atoms with Gasteiger partial charge in [-0.1, -0.05) is 53.9 Å². The van der Waals surface area contributed by atoms with Gasteiger partial charge < -0.3 is 14.9 Å². The minimum atomic E-state index is -0.769. The molecule has 9 atom stereocenters. The lowest BCUT2D eigenvalue weighted by Gasteiger charge is -2.60. The SMILES string of the molecule is CC(C)CCC[C@H](C)[C@@H]1CC[C@@H]2[C@H](CO)[C@H]([C@]3(C)CC[C@H](OC(C)(C)C)C[C@]3(C)O)CC[C@@]21C.